The average molecular weight is 375 g/mol. The van der Waals surface area contributed by atoms with Crippen molar-refractivity contribution in [2.45, 2.75) is 52.1 Å². The van der Waals surface area contributed by atoms with Crippen LogP contribution in [0.3, 0.4) is 0 Å². The summed E-state index contributed by atoms with van der Waals surface area (Å²) in [5.41, 5.74) is -0.643. The highest BCUT2D eigenvalue weighted by Gasteiger charge is 2.56. The fraction of sp³-hybridized carbons (Fsp3) is 0.550. The van der Waals surface area contributed by atoms with Crippen molar-refractivity contribution in [1.82, 2.24) is 15.5 Å². The summed E-state index contributed by atoms with van der Waals surface area (Å²) in [6, 6.07) is 5.60. The van der Waals surface area contributed by atoms with E-state index in [1.807, 2.05) is 0 Å². The highest BCUT2D eigenvalue weighted by molar-refractivity contribution is 6.09. The summed E-state index contributed by atoms with van der Waals surface area (Å²) in [5.74, 6) is -0.951. The first-order valence-corrected chi connectivity index (χ1v) is 9.26. The van der Waals surface area contributed by atoms with Crippen LogP contribution in [0.1, 0.15) is 45.6 Å². The molecule has 2 unspecified atom stereocenters. The molecule has 1 spiro atoms. The lowest BCUT2D eigenvalue weighted by Crippen LogP contribution is -2.54. The maximum Gasteiger partial charge on any atom is 0.325 e. The third-order valence-corrected chi connectivity index (χ3v) is 5.36. The van der Waals surface area contributed by atoms with E-state index in [1.165, 1.54) is 6.07 Å². The Hall–Kier alpha value is -2.44. The van der Waals surface area contributed by atoms with Gasteiger partial charge in [-0.1, -0.05) is 39.0 Å². The van der Waals surface area contributed by atoms with Crippen LogP contribution in [-0.4, -0.2) is 34.8 Å². The van der Waals surface area contributed by atoms with E-state index in [0.29, 0.717) is 24.3 Å². The second-order valence-electron chi connectivity index (χ2n) is 8.63. The normalized spacial score (nSPS) is 27.0. The van der Waals surface area contributed by atoms with Crippen molar-refractivity contribution >= 4 is 17.8 Å². The third-order valence-electron chi connectivity index (χ3n) is 5.36. The van der Waals surface area contributed by atoms with Crippen molar-refractivity contribution in [1.29, 1.82) is 0 Å². The maximum absolute atomic E-state index is 13.6. The van der Waals surface area contributed by atoms with E-state index in [9.17, 15) is 18.8 Å². The molecule has 1 aliphatic heterocycles. The number of imide groups is 1. The summed E-state index contributed by atoms with van der Waals surface area (Å²) in [4.78, 5) is 38.6. The molecule has 3 rings (SSSR count). The standard InChI is InChI=1S/C20H26FN3O3/c1-13-8-19(2,3)12-20(9-13)17(26)24(18(27)23-20)11-16(25)22-10-14-6-4-5-7-15(14)21/h4-7,13H,8-12H2,1-3H3,(H,22,25)(H,23,27). The van der Waals surface area contributed by atoms with Crippen LogP contribution in [-0.2, 0) is 16.1 Å². The molecular formula is C20H26FN3O3. The van der Waals surface area contributed by atoms with Crippen LogP contribution < -0.4 is 10.6 Å². The van der Waals surface area contributed by atoms with Crippen molar-refractivity contribution in [2.75, 3.05) is 6.54 Å². The molecule has 0 radical (unpaired) electrons. The van der Waals surface area contributed by atoms with E-state index in [-0.39, 0.29) is 24.4 Å². The van der Waals surface area contributed by atoms with E-state index in [2.05, 4.69) is 31.4 Å². The third kappa shape index (κ3) is 3.96. The fourth-order valence-corrected chi connectivity index (χ4v) is 4.68. The van der Waals surface area contributed by atoms with Gasteiger partial charge in [0, 0.05) is 12.1 Å². The zero-order chi connectivity index (χ0) is 19.8. The Morgan fingerprint density at radius 1 is 1.30 bits per heavy atom. The van der Waals surface area contributed by atoms with Crippen LogP contribution in [0.15, 0.2) is 24.3 Å². The van der Waals surface area contributed by atoms with Crippen molar-refractivity contribution in [2.24, 2.45) is 11.3 Å². The van der Waals surface area contributed by atoms with Gasteiger partial charge in [0.1, 0.15) is 17.9 Å². The van der Waals surface area contributed by atoms with E-state index in [1.54, 1.807) is 18.2 Å². The minimum absolute atomic E-state index is 0.00433. The van der Waals surface area contributed by atoms with Crippen LogP contribution in [0, 0.1) is 17.2 Å². The molecule has 1 aliphatic carbocycles. The molecule has 4 amide bonds. The molecular weight excluding hydrogens is 349 g/mol. The number of hydrogen-bond acceptors (Lipinski definition) is 3. The molecule has 1 aromatic carbocycles. The van der Waals surface area contributed by atoms with Gasteiger partial charge in [0.25, 0.3) is 5.91 Å². The summed E-state index contributed by atoms with van der Waals surface area (Å²) in [7, 11) is 0. The van der Waals surface area contributed by atoms with Crippen LogP contribution in [0.2, 0.25) is 0 Å². The lowest BCUT2D eigenvalue weighted by Gasteiger charge is -2.43. The van der Waals surface area contributed by atoms with E-state index >= 15 is 0 Å². The second kappa shape index (κ2) is 6.94. The Kier molecular flexibility index (Phi) is 4.97. The van der Waals surface area contributed by atoms with Crippen molar-refractivity contribution < 1.29 is 18.8 Å². The number of carbonyl (C=O) groups excluding carboxylic acids is 3. The van der Waals surface area contributed by atoms with Gasteiger partial charge in [-0.3, -0.25) is 14.5 Å². The van der Waals surface area contributed by atoms with Gasteiger partial charge < -0.3 is 10.6 Å². The fourth-order valence-electron chi connectivity index (χ4n) is 4.68. The Labute approximate surface area is 158 Å². The molecule has 0 aromatic heterocycles. The Bertz CT molecular complexity index is 779. The van der Waals surface area contributed by atoms with Crippen LogP contribution in [0.25, 0.3) is 0 Å². The molecule has 2 fully saturated rings. The number of rotatable bonds is 4. The van der Waals surface area contributed by atoms with Gasteiger partial charge in [-0.25, -0.2) is 9.18 Å². The Morgan fingerprint density at radius 2 is 2.00 bits per heavy atom. The van der Waals surface area contributed by atoms with E-state index in [0.717, 1.165) is 11.3 Å². The Balaban J connectivity index is 1.65. The van der Waals surface area contributed by atoms with Gasteiger partial charge in [0.05, 0.1) is 0 Å². The zero-order valence-corrected chi connectivity index (χ0v) is 16.0. The number of halogens is 1. The molecule has 2 aliphatic rings. The summed E-state index contributed by atoms with van der Waals surface area (Å²) in [6.45, 7) is 5.90. The number of benzene rings is 1. The molecule has 27 heavy (non-hydrogen) atoms. The molecule has 1 saturated heterocycles. The highest BCUT2D eigenvalue weighted by atomic mass is 19.1. The number of carbonyl (C=O) groups is 3. The molecule has 1 aromatic rings. The van der Waals surface area contributed by atoms with Gasteiger partial charge in [-0.2, -0.15) is 0 Å². The molecule has 2 N–H and O–H groups in total. The van der Waals surface area contributed by atoms with Gasteiger partial charge in [0.15, 0.2) is 0 Å². The maximum atomic E-state index is 13.6. The lowest BCUT2D eigenvalue weighted by molar-refractivity contribution is -0.137. The predicted octanol–water partition coefficient (Wildman–Crippen LogP) is 2.58. The number of amides is 4. The minimum Gasteiger partial charge on any atom is -0.350 e. The minimum atomic E-state index is -0.927. The average Bonchev–Trinajstić information content (AvgIpc) is 2.75. The first-order valence-electron chi connectivity index (χ1n) is 9.26. The van der Waals surface area contributed by atoms with Crippen LogP contribution >= 0.6 is 0 Å². The SMILES string of the molecule is CC1CC(C)(C)CC2(C1)NC(=O)N(CC(=O)NCc1ccccc1F)C2=O. The van der Waals surface area contributed by atoms with E-state index < -0.39 is 23.3 Å². The number of nitrogens with one attached hydrogen (secondary N) is 2. The van der Waals surface area contributed by atoms with Crippen LogP contribution in [0.4, 0.5) is 9.18 Å². The summed E-state index contributed by atoms with van der Waals surface area (Å²) < 4.78 is 13.6. The number of nitrogens with zero attached hydrogens (tertiary/aromatic N) is 1. The first kappa shape index (κ1) is 19.3. The molecule has 7 heteroatoms. The van der Waals surface area contributed by atoms with E-state index in [4.69, 9.17) is 0 Å². The van der Waals surface area contributed by atoms with Crippen molar-refractivity contribution in [3.63, 3.8) is 0 Å². The monoisotopic (exact) mass is 375 g/mol. The van der Waals surface area contributed by atoms with Crippen molar-refractivity contribution in [3.05, 3.63) is 35.6 Å². The second-order valence-corrected chi connectivity index (χ2v) is 8.63. The predicted molar refractivity (Wildman–Crippen MR) is 98.0 cm³/mol. The Morgan fingerprint density at radius 3 is 2.67 bits per heavy atom. The quantitative estimate of drug-likeness (QED) is 0.794. The molecule has 146 valence electrons. The molecule has 0 bridgehead atoms. The van der Waals surface area contributed by atoms with Gasteiger partial charge in [0.2, 0.25) is 5.91 Å². The summed E-state index contributed by atoms with van der Waals surface area (Å²) in [6.07, 6.45) is 2.12. The van der Waals surface area contributed by atoms with Crippen LogP contribution in [0.5, 0.6) is 0 Å². The molecule has 1 saturated carbocycles. The van der Waals surface area contributed by atoms with Gasteiger partial charge in [-0.05, 0) is 36.7 Å². The van der Waals surface area contributed by atoms with Gasteiger partial charge in [-0.15, -0.1) is 0 Å². The largest absolute Gasteiger partial charge is 0.350 e. The molecule has 6 nitrogen and oxygen atoms in total. The topological polar surface area (TPSA) is 78.5 Å². The number of urea groups is 1. The highest BCUT2D eigenvalue weighted by Crippen LogP contribution is 2.46. The first-order chi connectivity index (χ1) is 12.6. The van der Waals surface area contributed by atoms with Gasteiger partial charge >= 0.3 is 6.03 Å². The molecule has 2 atom stereocenters. The summed E-state index contributed by atoms with van der Waals surface area (Å²) >= 11 is 0. The number of hydrogen-bond donors (Lipinski definition) is 2. The lowest BCUT2D eigenvalue weighted by atomic mass is 9.64. The smallest absolute Gasteiger partial charge is 0.325 e. The summed E-state index contributed by atoms with van der Waals surface area (Å²) in [5, 5.41) is 5.41. The molecule has 1 heterocycles. The zero-order valence-electron chi connectivity index (χ0n) is 16.0. The van der Waals surface area contributed by atoms with Crippen molar-refractivity contribution in [3.8, 4) is 0 Å².